The minimum absolute atomic E-state index is 0.799. The number of unbranched alkanes of at least 4 members (excludes halogenated alkanes) is 2. The Hall–Kier alpha value is 0.270. The summed E-state index contributed by atoms with van der Waals surface area (Å²) in [6.45, 7) is 4.75. The quantitative estimate of drug-likeness (QED) is 0.687. The van der Waals surface area contributed by atoms with Gasteiger partial charge < -0.3 is 5.32 Å². The number of nitrogens with zero attached hydrogens (tertiary/aromatic N) is 1. The van der Waals surface area contributed by atoms with Crippen LogP contribution in [0.3, 0.4) is 0 Å². The smallest absolute Gasteiger partial charge is 0.0113 e. The molecule has 2 saturated heterocycles. The number of piperidine rings is 2. The van der Waals surface area contributed by atoms with Gasteiger partial charge in [0.05, 0.1) is 0 Å². The Balaban J connectivity index is 1.74. The monoisotopic (exact) mass is 284 g/mol. The van der Waals surface area contributed by atoms with Crippen LogP contribution in [-0.2, 0) is 0 Å². The molecule has 2 bridgehead atoms. The van der Waals surface area contributed by atoms with Crippen LogP contribution < -0.4 is 5.32 Å². The molecule has 0 saturated carbocycles. The van der Waals surface area contributed by atoms with Crippen LogP contribution in [0.4, 0.5) is 0 Å². The maximum absolute atomic E-state index is 3.69. The van der Waals surface area contributed by atoms with E-state index in [1.54, 1.807) is 0 Å². The molecule has 19 heavy (non-hydrogen) atoms. The molecule has 0 radical (unpaired) electrons. The standard InChI is InChI=1S/C16H32N2S/c1-3-17-14-12-15-8-7-9-16(13-14)18(15)10-5-4-6-11-19-2/h14-17H,3-13H2,1-2H3. The van der Waals surface area contributed by atoms with Crippen LogP contribution >= 0.6 is 11.8 Å². The molecule has 0 amide bonds. The van der Waals surface area contributed by atoms with Crippen LogP contribution in [0.5, 0.6) is 0 Å². The van der Waals surface area contributed by atoms with E-state index in [9.17, 15) is 0 Å². The average molecular weight is 285 g/mol. The molecular formula is C16H32N2S. The van der Waals surface area contributed by atoms with Gasteiger partial charge in [-0.3, -0.25) is 4.90 Å². The molecule has 1 N–H and O–H groups in total. The molecule has 0 spiro atoms. The summed E-state index contributed by atoms with van der Waals surface area (Å²) in [7, 11) is 0. The minimum atomic E-state index is 0.799. The fourth-order valence-corrected chi connectivity index (χ4v) is 4.51. The molecule has 2 heterocycles. The van der Waals surface area contributed by atoms with E-state index in [-0.39, 0.29) is 0 Å². The zero-order valence-corrected chi connectivity index (χ0v) is 13.7. The highest BCUT2D eigenvalue weighted by atomic mass is 32.2. The molecule has 2 fully saturated rings. The normalized spacial score (nSPS) is 31.6. The second kappa shape index (κ2) is 8.53. The second-order valence-electron chi connectivity index (χ2n) is 6.26. The second-order valence-corrected chi connectivity index (χ2v) is 7.24. The van der Waals surface area contributed by atoms with Gasteiger partial charge in [0, 0.05) is 18.1 Å². The van der Waals surface area contributed by atoms with Crippen LogP contribution in [0.1, 0.15) is 58.3 Å². The first kappa shape index (κ1) is 15.7. The number of hydrogen-bond acceptors (Lipinski definition) is 3. The molecule has 2 atom stereocenters. The SMILES string of the molecule is CCNC1CC2CCCC(C1)N2CCCCCSC. The van der Waals surface area contributed by atoms with Gasteiger partial charge in [-0.2, -0.15) is 11.8 Å². The first-order chi connectivity index (χ1) is 9.35. The predicted molar refractivity (Wildman–Crippen MR) is 87.1 cm³/mol. The predicted octanol–water partition coefficient (Wildman–Crippen LogP) is 3.51. The van der Waals surface area contributed by atoms with E-state index >= 15 is 0 Å². The van der Waals surface area contributed by atoms with E-state index in [2.05, 4.69) is 23.4 Å². The third kappa shape index (κ3) is 4.64. The summed E-state index contributed by atoms with van der Waals surface area (Å²) in [4.78, 5) is 2.87. The average Bonchev–Trinajstić information content (AvgIpc) is 2.39. The van der Waals surface area contributed by atoms with E-state index < -0.39 is 0 Å². The fourth-order valence-electron chi connectivity index (χ4n) is 4.02. The van der Waals surface area contributed by atoms with Crippen LogP contribution in [0.2, 0.25) is 0 Å². The first-order valence-electron chi connectivity index (χ1n) is 8.33. The summed E-state index contributed by atoms with van der Waals surface area (Å²) >= 11 is 1.99. The van der Waals surface area contributed by atoms with Crippen molar-refractivity contribution in [2.24, 2.45) is 0 Å². The van der Waals surface area contributed by atoms with Crippen LogP contribution in [0.15, 0.2) is 0 Å². The number of rotatable bonds is 8. The molecule has 0 aromatic rings. The van der Waals surface area contributed by atoms with Crippen molar-refractivity contribution in [1.82, 2.24) is 10.2 Å². The van der Waals surface area contributed by atoms with E-state index in [1.165, 1.54) is 63.7 Å². The molecule has 0 aliphatic carbocycles. The summed E-state index contributed by atoms with van der Waals surface area (Å²) in [6.07, 6.45) is 13.6. The third-order valence-corrected chi connectivity index (χ3v) is 5.58. The molecule has 3 heteroatoms. The highest BCUT2D eigenvalue weighted by Gasteiger charge is 2.37. The Bertz CT molecular complexity index is 233. The highest BCUT2D eigenvalue weighted by Crippen LogP contribution is 2.34. The lowest BCUT2D eigenvalue weighted by molar-refractivity contribution is 0.0237. The fraction of sp³-hybridized carbons (Fsp3) is 1.00. The van der Waals surface area contributed by atoms with Crippen molar-refractivity contribution in [2.45, 2.75) is 76.4 Å². The molecule has 2 aliphatic heterocycles. The Morgan fingerprint density at radius 3 is 2.47 bits per heavy atom. The lowest BCUT2D eigenvalue weighted by Crippen LogP contribution is -2.56. The van der Waals surface area contributed by atoms with Gasteiger partial charge in [-0.15, -0.1) is 0 Å². The van der Waals surface area contributed by atoms with Crippen molar-refractivity contribution in [3.63, 3.8) is 0 Å². The maximum atomic E-state index is 3.69. The summed E-state index contributed by atoms with van der Waals surface area (Å²) in [5.74, 6) is 1.34. The Morgan fingerprint density at radius 2 is 1.84 bits per heavy atom. The summed E-state index contributed by atoms with van der Waals surface area (Å²) in [6, 6.07) is 2.57. The lowest BCUT2D eigenvalue weighted by atomic mass is 9.81. The zero-order valence-electron chi connectivity index (χ0n) is 12.9. The Morgan fingerprint density at radius 1 is 1.11 bits per heavy atom. The van der Waals surface area contributed by atoms with E-state index in [1.807, 2.05) is 11.8 Å². The van der Waals surface area contributed by atoms with E-state index in [4.69, 9.17) is 0 Å². The topological polar surface area (TPSA) is 15.3 Å². The number of hydrogen-bond donors (Lipinski definition) is 1. The van der Waals surface area contributed by atoms with Gasteiger partial charge in [0.15, 0.2) is 0 Å². The van der Waals surface area contributed by atoms with E-state index in [0.717, 1.165) is 24.7 Å². The lowest BCUT2D eigenvalue weighted by Gasteiger charge is -2.49. The van der Waals surface area contributed by atoms with Gasteiger partial charge >= 0.3 is 0 Å². The Labute approximate surface area is 124 Å². The van der Waals surface area contributed by atoms with Gasteiger partial charge in [0.25, 0.3) is 0 Å². The van der Waals surface area contributed by atoms with Crippen molar-refractivity contribution >= 4 is 11.8 Å². The molecule has 112 valence electrons. The van der Waals surface area contributed by atoms with Crippen molar-refractivity contribution < 1.29 is 0 Å². The van der Waals surface area contributed by atoms with Gasteiger partial charge in [0.1, 0.15) is 0 Å². The summed E-state index contributed by atoms with van der Waals surface area (Å²) in [5, 5.41) is 3.69. The summed E-state index contributed by atoms with van der Waals surface area (Å²) < 4.78 is 0. The minimum Gasteiger partial charge on any atom is -0.314 e. The van der Waals surface area contributed by atoms with Gasteiger partial charge in [-0.25, -0.2) is 0 Å². The van der Waals surface area contributed by atoms with Crippen molar-refractivity contribution in [2.75, 3.05) is 25.1 Å². The van der Waals surface area contributed by atoms with Gasteiger partial charge in [-0.1, -0.05) is 19.8 Å². The third-order valence-electron chi connectivity index (χ3n) is 4.88. The zero-order chi connectivity index (χ0) is 13.5. The molecule has 0 aromatic heterocycles. The molecule has 2 unspecified atom stereocenters. The van der Waals surface area contributed by atoms with E-state index in [0.29, 0.717) is 0 Å². The van der Waals surface area contributed by atoms with Crippen molar-refractivity contribution in [1.29, 1.82) is 0 Å². The van der Waals surface area contributed by atoms with Gasteiger partial charge in [0.2, 0.25) is 0 Å². The molecule has 2 aliphatic rings. The maximum Gasteiger partial charge on any atom is 0.0113 e. The number of fused-ring (bicyclic) bond motifs is 2. The van der Waals surface area contributed by atoms with Crippen molar-refractivity contribution in [3.05, 3.63) is 0 Å². The molecule has 2 rings (SSSR count). The largest absolute Gasteiger partial charge is 0.314 e. The molecule has 0 aromatic carbocycles. The number of nitrogens with one attached hydrogen (secondary N) is 1. The van der Waals surface area contributed by atoms with Crippen molar-refractivity contribution in [3.8, 4) is 0 Å². The first-order valence-corrected chi connectivity index (χ1v) is 9.72. The number of thioether (sulfide) groups is 1. The van der Waals surface area contributed by atoms with Crippen LogP contribution in [-0.4, -0.2) is 48.1 Å². The Kier molecular flexibility index (Phi) is 7.03. The van der Waals surface area contributed by atoms with Gasteiger partial charge in [-0.05, 0) is 63.6 Å². The molecular weight excluding hydrogens is 252 g/mol. The van der Waals surface area contributed by atoms with Crippen LogP contribution in [0.25, 0.3) is 0 Å². The summed E-state index contributed by atoms with van der Waals surface area (Å²) in [5.41, 5.74) is 0. The molecule has 2 nitrogen and oxygen atoms in total. The highest BCUT2D eigenvalue weighted by molar-refractivity contribution is 7.98. The van der Waals surface area contributed by atoms with Crippen LogP contribution in [0, 0.1) is 0 Å².